The highest BCUT2D eigenvalue weighted by Gasteiger charge is 2.34. The molecule has 0 aliphatic carbocycles. The van der Waals surface area contributed by atoms with E-state index in [1.807, 2.05) is 6.92 Å². The van der Waals surface area contributed by atoms with Gasteiger partial charge in [-0.2, -0.15) is 4.31 Å². The summed E-state index contributed by atoms with van der Waals surface area (Å²) in [5, 5.41) is 2.95. The topological polar surface area (TPSA) is 75.2 Å². The van der Waals surface area contributed by atoms with E-state index in [1.165, 1.54) is 12.4 Å². The van der Waals surface area contributed by atoms with Crippen molar-refractivity contribution < 1.29 is 8.42 Å². The molecule has 1 aliphatic heterocycles. The van der Waals surface area contributed by atoms with Crippen molar-refractivity contribution in [3.05, 3.63) is 12.4 Å². The van der Waals surface area contributed by atoms with E-state index in [-0.39, 0.29) is 10.3 Å². The van der Waals surface area contributed by atoms with Gasteiger partial charge in [0.15, 0.2) is 0 Å². The third-order valence-corrected chi connectivity index (χ3v) is 6.24. The molecule has 0 spiro atoms. The third kappa shape index (κ3) is 3.52. The summed E-state index contributed by atoms with van der Waals surface area (Å²) >= 11 is 0. The van der Waals surface area contributed by atoms with E-state index in [4.69, 9.17) is 0 Å². The molecule has 0 radical (unpaired) electrons. The maximum Gasteiger partial charge on any atom is 0.246 e. The van der Waals surface area contributed by atoms with Crippen molar-refractivity contribution in [1.82, 2.24) is 14.3 Å². The number of anilines is 1. The van der Waals surface area contributed by atoms with E-state index >= 15 is 0 Å². The van der Waals surface area contributed by atoms with E-state index in [0.29, 0.717) is 25.6 Å². The molecule has 6 nitrogen and oxygen atoms in total. The number of nitrogens with zero attached hydrogens (tertiary/aromatic N) is 3. The summed E-state index contributed by atoms with van der Waals surface area (Å²) in [7, 11) is -3.47. The van der Waals surface area contributed by atoms with Crippen LogP contribution in [0.1, 0.15) is 40.0 Å². The Kier molecular flexibility index (Phi) is 4.83. The average Bonchev–Trinajstić information content (AvgIpc) is 2.49. The Morgan fingerprint density at radius 3 is 2.29 bits per heavy atom. The standard InChI is InChI=1S/C14H24N4O2S/c1-4-14(3)6-8-18(9-7-14)21(19,20)12-10-16-13(15-5-2)17-11-12/h10-11H,4-9H2,1-3H3,(H,15,16,17). The highest BCUT2D eigenvalue weighted by atomic mass is 32.2. The van der Waals surface area contributed by atoms with Gasteiger partial charge in [0.1, 0.15) is 4.90 Å². The number of hydrogen-bond acceptors (Lipinski definition) is 5. The second-order valence-electron chi connectivity index (χ2n) is 5.84. The van der Waals surface area contributed by atoms with E-state index in [9.17, 15) is 8.42 Å². The number of nitrogens with one attached hydrogen (secondary N) is 1. The fourth-order valence-electron chi connectivity index (χ4n) is 2.47. The first kappa shape index (κ1) is 16.2. The van der Waals surface area contributed by atoms with Crippen molar-refractivity contribution in [3.63, 3.8) is 0 Å². The minimum atomic E-state index is -3.47. The molecule has 1 aliphatic rings. The summed E-state index contributed by atoms with van der Waals surface area (Å²) in [6, 6.07) is 0. The molecule has 1 aromatic rings. The summed E-state index contributed by atoms with van der Waals surface area (Å²) in [6.45, 7) is 8.17. The van der Waals surface area contributed by atoms with Gasteiger partial charge in [0, 0.05) is 19.6 Å². The molecule has 2 heterocycles. The molecular weight excluding hydrogens is 288 g/mol. The van der Waals surface area contributed by atoms with Gasteiger partial charge in [-0.15, -0.1) is 0 Å². The Morgan fingerprint density at radius 2 is 1.81 bits per heavy atom. The first-order chi connectivity index (χ1) is 9.91. The lowest BCUT2D eigenvalue weighted by atomic mass is 9.79. The zero-order chi connectivity index (χ0) is 15.5. The van der Waals surface area contributed by atoms with Crippen molar-refractivity contribution in [3.8, 4) is 0 Å². The lowest BCUT2D eigenvalue weighted by Gasteiger charge is -2.38. The van der Waals surface area contributed by atoms with Crippen LogP contribution in [0.2, 0.25) is 0 Å². The van der Waals surface area contributed by atoms with Crippen molar-refractivity contribution in [2.24, 2.45) is 5.41 Å². The van der Waals surface area contributed by atoms with Crippen LogP contribution < -0.4 is 5.32 Å². The Hall–Kier alpha value is -1.21. The van der Waals surface area contributed by atoms with Gasteiger partial charge in [-0.3, -0.25) is 0 Å². The summed E-state index contributed by atoms with van der Waals surface area (Å²) in [5.41, 5.74) is 0.261. The molecule has 1 saturated heterocycles. The van der Waals surface area contributed by atoms with Gasteiger partial charge in [-0.1, -0.05) is 20.3 Å². The first-order valence-corrected chi connectivity index (χ1v) is 8.91. The smallest absolute Gasteiger partial charge is 0.246 e. The van der Waals surface area contributed by atoms with Crippen molar-refractivity contribution in [2.75, 3.05) is 25.0 Å². The monoisotopic (exact) mass is 312 g/mol. The van der Waals surface area contributed by atoms with Crippen LogP contribution in [0.3, 0.4) is 0 Å². The van der Waals surface area contributed by atoms with Crippen molar-refractivity contribution in [1.29, 1.82) is 0 Å². The van der Waals surface area contributed by atoms with Crippen LogP contribution in [0.25, 0.3) is 0 Å². The first-order valence-electron chi connectivity index (χ1n) is 7.47. The summed E-state index contributed by atoms with van der Waals surface area (Å²) in [5.74, 6) is 0.452. The van der Waals surface area contributed by atoms with Gasteiger partial charge in [0.2, 0.25) is 16.0 Å². The van der Waals surface area contributed by atoms with Crippen molar-refractivity contribution >= 4 is 16.0 Å². The fourth-order valence-corrected chi connectivity index (χ4v) is 3.80. The second-order valence-corrected chi connectivity index (χ2v) is 7.78. The van der Waals surface area contributed by atoms with E-state index < -0.39 is 10.0 Å². The van der Waals surface area contributed by atoms with Gasteiger partial charge >= 0.3 is 0 Å². The molecule has 1 aromatic heterocycles. The molecule has 1 fully saturated rings. The van der Waals surface area contributed by atoms with E-state index in [0.717, 1.165) is 19.3 Å². The third-order valence-electron chi connectivity index (χ3n) is 4.38. The number of rotatable bonds is 5. The number of hydrogen-bond donors (Lipinski definition) is 1. The van der Waals surface area contributed by atoms with Crippen LogP contribution >= 0.6 is 0 Å². The van der Waals surface area contributed by atoms with Crippen LogP contribution in [-0.4, -0.2) is 42.3 Å². The normalized spacial score (nSPS) is 19.4. The molecule has 0 unspecified atom stereocenters. The Balaban J connectivity index is 2.12. The number of piperidine rings is 1. The van der Waals surface area contributed by atoms with Crippen molar-refractivity contribution in [2.45, 2.75) is 44.9 Å². The molecule has 7 heteroatoms. The average molecular weight is 312 g/mol. The summed E-state index contributed by atoms with van der Waals surface area (Å²) in [6.07, 6.45) is 5.65. The van der Waals surface area contributed by atoms with Crippen LogP contribution in [0.15, 0.2) is 17.3 Å². The maximum atomic E-state index is 12.6. The van der Waals surface area contributed by atoms with Gasteiger partial charge in [-0.05, 0) is 25.2 Å². The molecule has 0 amide bonds. The van der Waals surface area contributed by atoms with Crippen LogP contribution in [0.4, 0.5) is 5.95 Å². The minimum Gasteiger partial charge on any atom is -0.355 e. The Bertz CT molecular complexity index is 563. The Morgan fingerprint density at radius 1 is 1.24 bits per heavy atom. The van der Waals surface area contributed by atoms with Gasteiger partial charge < -0.3 is 5.32 Å². The fraction of sp³-hybridized carbons (Fsp3) is 0.714. The zero-order valence-electron chi connectivity index (χ0n) is 13.0. The molecular formula is C14H24N4O2S. The molecule has 2 rings (SSSR count). The summed E-state index contributed by atoms with van der Waals surface area (Å²) < 4.78 is 26.7. The van der Waals surface area contributed by atoms with Crippen LogP contribution in [0.5, 0.6) is 0 Å². The maximum absolute atomic E-state index is 12.6. The molecule has 1 N–H and O–H groups in total. The molecule has 0 aromatic carbocycles. The quantitative estimate of drug-likeness (QED) is 0.901. The molecule has 0 bridgehead atoms. The Labute approximate surface area is 127 Å². The number of aromatic nitrogens is 2. The predicted molar refractivity (Wildman–Crippen MR) is 82.6 cm³/mol. The highest BCUT2D eigenvalue weighted by molar-refractivity contribution is 7.89. The van der Waals surface area contributed by atoms with E-state index in [1.54, 1.807) is 4.31 Å². The molecule has 21 heavy (non-hydrogen) atoms. The highest BCUT2D eigenvalue weighted by Crippen LogP contribution is 2.35. The van der Waals surface area contributed by atoms with E-state index in [2.05, 4.69) is 29.1 Å². The molecule has 118 valence electrons. The summed E-state index contributed by atoms with van der Waals surface area (Å²) in [4.78, 5) is 8.26. The molecule has 0 atom stereocenters. The largest absolute Gasteiger partial charge is 0.355 e. The minimum absolute atomic E-state index is 0.171. The SMILES string of the molecule is CCNc1ncc(S(=O)(=O)N2CCC(C)(CC)CC2)cn1. The number of sulfonamides is 1. The molecule has 0 saturated carbocycles. The predicted octanol–water partition coefficient (Wildman–Crippen LogP) is 2.11. The lowest BCUT2D eigenvalue weighted by molar-refractivity contribution is 0.169. The lowest BCUT2D eigenvalue weighted by Crippen LogP contribution is -2.41. The zero-order valence-corrected chi connectivity index (χ0v) is 13.8. The van der Waals surface area contributed by atoms with Gasteiger partial charge in [-0.25, -0.2) is 18.4 Å². The van der Waals surface area contributed by atoms with Gasteiger partial charge in [0.25, 0.3) is 0 Å². The van der Waals surface area contributed by atoms with Gasteiger partial charge in [0.05, 0.1) is 12.4 Å². The van der Waals surface area contributed by atoms with Crippen LogP contribution in [-0.2, 0) is 10.0 Å². The second kappa shape index (κ2) is 6.27. The van der Waals surface area contributed by atoms with Crippen LogP contribution in [0, 0.1) is 5.41 Å².